The van der Waals surface area contributed by atoms with Crippen LogP contribution in [0.5, 0.6) is 0 Å². The molecule has 172 valence electrons. The fourth-order valence-corrected chi connectivity index (χ4v) is 4.56. The van der Waals surface area contributed by atoms with Crippen molar-refractivity contribution in [3.8, 4) is 0 Å². The summed E-state index contributed by atoms with van der Waals surface area (Å²) in [4.78, 5) is 29.4. The maximum absolute atomic E-state index is 13.9. The van der Waals surface area contributed by atoms with Gasteiger partial charge >= 0.3 is 6.09 Å². The molecule has 0 N–H and O–H groups in total. The third-order valence-corrected chi connectivity index (χ3v) is 6.27. The van der Waals surface area contributed by atoms with Crippen LogP contribution in [0.3, 0.4) is 0 Å². The Balaban J connectivity index is 1.62. The van der Waals surface area contributed by atoms with Gasteiger partial charge in [0.15, 0.2) is 0 Å². The number of carbonyl (C=O) groups is 2. The lowest BCUT2D eigenvalue weighted by Crippen LogP contribution is -2.52. The van der Waals surface area contributed by atoms with Gasteiger partial charge in [0, 0.05) is 39.9 Å². The molecule has 0 radical (unpaired) electrons. The van der Waals surface area contributed by atoms with Gasteiger partial charge in [0.25, 0.3) is 0 Å². The molecule has 0 unspecified atom stereocenters. The first-order valence-electron chi connectivity index (χ1n) is 11.2. The Labute approximate surface area is 184 Å². The van der Waals surface area contributed by atoms with E-state index in [0.29, 0.717) is 51.6 Å². The summed E-state index contributed by atoms with van der Waals surface area (Å²) in [5.74, 6) is 0.0711. The summed E-state index contributed by atoms with van der Waals surface area (Å²) in [6.07, 6.45) is 2.47. The highest BCUT2D eigenvalue weighted by atomic mass is 19.1. The fourth-order valence-electron chi connectivity index (χ4n) is 4.56. The van der Waals surface area contributed by atoms with E-state index in [1.165, 1.54) is 12.1 Å². The number of nitrogens with zero attached hydrogens (tertiary/aromatic N) is 2. The van der Waals surface area contributed by atoms with Gasteiger partial charge in [-0.2, -0.15) is 0 Å². The van der Waals surface area contributed by atoms with Crippen molar-refractivity contribution in [1.29, 1.82) is 0 Å². The smallest absolute Gasteiger partial charge is 0.410 e. The number of likely N-dealkylation sites (tertiary alicyclic amines) is 1. The van der Waals surface area contributed by atoms with Gasteiger partial charge in [-0.25, -0.2) is 9.18 Å². The zero-order valence-corrected chi connectivity index (χ0v) is 19.2. The van der Waals surface area contributed by atoms with Crippen molar-refractivity contribution in [2.45, 2.75) is 57.5 Å². The Bertz CT molecular complexity index is 778. The SMILES string of the molecule is CN(CC1CCN(C(=O)C2(c3cccc(F)c3)CCOCC2)CC1)C(=O)OC(C)(C)C. The molecule has 2 amide bonds. The van der Waals surface area contributed by atoms with E-state index in [1.807, 2.05) is 31.7 Å². The second-order valence-corrected chi connectivity index (χ2v) is 9.80. The molecular formula is C24H35FN2O4. The van der Waals surface area contributed by atoms with Crippen molar-refractivity contribution in [2.24, 2.45) is 5.92 Å². The molecule has 7 heteroatoms. The summed E-state index contributed by atoms with van der Waals surface area (Å²) in [6.45, 7) is 8.46. The van der Waals surface area contributed by atoms with Crippen molar-refractivity contribution >= 4 is 12.0 Å². The molecule has 2 heterocycles. The number of hydrogen-bond acceptors (Lipinski definition) is 4. The van der Waals surface area contributed by atoms with Crippen LogP contribution < -0.4 is 0 Å². The summed E-state index contributed by atoms with van der Waals surface area (Å²) < 4.78 is 24.9. The minimum absolute atomic E-state index is 0.0698. The first-order valence-corrected chi connectivity index (χ1v) is 11.2. The molecule has 0 aromatic heterocycles. The zero-order valence-electron chi connectivity index (χ0n) is 19.2. The Morgan fingerprint density at radius 3 is 2.45 bits per heavy atom. The first kappa shape index (κ1) is 23.5. The monoisotopic (exact) mass is 434 g/mol. The van der Waals surface area contributed by atoms with Gasteiger partial charge in [0.05, 0.1) is 5.41 Å². The lowest BCUT2D eigenvalue weighted by Gasteiger charge is -2.42. The maximum Gasteiger partial charge on any atom is 0.410 e. The third-order valence-electron chi connectivity index (χ3n) is 6.27. The lowest BCUT2D eigenvalue weighted by atomic mass is 9.72. The Morgan fingerprint density at radius 1 is 1.23 bits per heavy atom. The Morgan fingerprint density at radius 2 is 1.87 bits per heavy atom. The van der Waals surface area contributed by atoms with Crippen molar-refractivity contribution in [2.75, 3.05) is 39.9 Å². The predicted octanol–water partition coefficient (Wildman–Crippen LogP) is 3.98. The molecule has 0 bridgehead atoms. The molecule has 0 spiro atoms. The lowest BCUT2D eigenvalue weighted by molar-refractivity contribution is -0.143. The van der Waals surface area contributed by atoms with E-state index >= 15 is 0 Å². The van der Waals surface area contributed by atoms with Crippen molar-refractivity contribution in [3.63, 3.8) is 0 Å². The molecule has 2 fully saturated rings. The summed E-state index contributed by atoms with van der Waals surface area (Å²) in [7, 11) is 1.76. The summed E-state index contributed by atoms with van der Waals surface area (Å²) in [5, 5.41) is 0. The van der Waals surface area contributed by atoms with Gasteiger partial charge in [0.2, 0.25) is 5.91 Å². The van der Waals surface area contributed by atoms with E-state index in [-0.39, 0.29) is 17.8 Å². The summed E-state index contributed by atoms with van der Waals surface area (Å²) in [5.41, 5.74) is -0.496. The van der Waals surface area contributed by atoms with E-state index in [2.05, 4.69) is 0 Å². The van der Waals surface area contributed by atoms with Crippen LogP contribution >= 0.6 is 0 Å². The maximum atomic E-state index is 13.9. The van der Waals surface area contributed by atoms with Crippen LogP contribution in [0.1, 0.15) is 52.0 Å². The van der Waals surface area contributed by atoms with Crippen LogP contribution in [0, 0.1) is 11.7 Å². The summed E-state index contributed by atoms with van der Waals surface area (Å²) in [6, 6.07) is 6.43. The average Bonchev–Trinajstić information content (AvgIpc) is 2.73. The molecule has 0 atom stereocenters. The second-order valence-electron chi connectivity index (χ2n) is 9.80. The van der Waals surface area contributed by atoms with Gasteiger partial charge < -0.3 is 19.3 Å². The standard InChI is InChI=1S/C24H35FN2O4/c1-23(2,3)31-22(29)26(4)17-18-8-12-27(13-9-18)21(28)24(10-14-30-15-11-24)19-6-5-7-20(25)16-19/h5-7,16,18H,8-15,17H2,1-4H3. The molecule has 2 aliphatic heterocycles. The zero-order chi connectivity index (χ0) is 22.6. The van der Waals surface area contributed by atoms with E-state index in [0.717, 1.165) is 18.4 Å². The number of hydrogen-bond donors (Lipinski definition) is 0. The van der Waals surface area contributed by atoms with Crippen LogP contribution in [-0.4, -0.2) is 67.3 Å². The number of carbonyl (C=O) groups excluding carboxylic acids is 2. The molecule has 0 saturated carbocycles. The van der Waals surface area contributed by atoms with Crippen LogP contribution in [0.4, 0.5) is 9.18 Å². The second kappa shape index (κ2) is 9.55. The largest absolute Gasteiger partial charge is 0.444 e. The highest BCUT2D eigenvalue weighted by Crippen LogP contribution is 2.38. The molecule has 6 nitrogen and oxygen atoms in total. The van der Waals surface area contributed by atoms with E-state index in [4.69, 9.17) is 9.47 Å². The predicted molar refractivity (Wildman–Crippen MR) is 116 cm³/mol. The topological polar surface area (TPSA) is 59.1 Å². The van der Waals surface area contributed by atoms with Crippen molar-refractivity contribution in [1.82, 2.24) is 9.80 Å². The quantitative estimate of drug-likeness (QED) is 0.719. The molecule has 2 saturated heterocycles. The number of ether oxygens (including phenoxy) is 2. The highest BCUT2D eigenvalue weighted by molar-refractivity contribution is 5.88. The Kier molecular flexibility index (Phi) is 7.24. The molecular weight excluding hydrogens is 399 g/mol. The minimum atomic E-state index is -0.722. The van der Waals surface area contributed by atoms with Crippen LogP contribution in [0.25, 0.3) is 0 Å². The number of amides is 2. The van der Waals surface area contributed by atoms with Crippen molar-refractivity contribution < 1.29 is 23.5 Å². The van der Waals surface area contributed by atoms with Crippen molar-refractivity contribution in [3.05, 3.63) is 35.6 Å². The molecule has 3 rings (SSSR count). The molecule has 1 aromatic carbocycles. The highest BCUT2D eigenvalue weighted by Gasteiger charge is 2.45. The van der Waals surface area contributed by atoms with Gasteiger partial charge in [-0.1, -0.05) is 12.1 Å². The van der Waals surface area contributed by atoms with E-state index in [1.54, 1.807) is 18.0 Å². The number of benzene rings is 1. The van der Waals surface area contributed by atoms with Crippen LogP contribution in [0.15, 0.2) is 24.3 Å². The van der Waals surface area contributed by atoms with Gasteiger partial charge in [0.1, 0.15) is 11.4 Å². The Hall–Kier alpha value is -2.15. The number of rotatable bonds is 4. The molecule has 31 heavy (non-hydrogen) atoms. The van der Waals surface area contributed by atoms with Crippen LogP contribution in [-0.2, 0) is 19.7 Å². The molecule has 1 aromatic rings. The average molecular weight is 435 g/mol. The van der Waals surface area contributed by atoms with Crippen LogP contribution in [0.2, 0.25) is 0 Å². The normalized spacial score (nSPS) is 19.7. The first-order chi connectivity index (χ1) is 14.6. The van der Waals surface area contributed by atoms with E-state index in [9.17, 15) is 14.0 Å². The summed E-state index contributed by atoms with van der Waals surface area (Å²) >= 11 is 0. The number of piperidine rings is 1. The molecule has 2 aliphatic rings. The number of halogens is 1. The van der Waals surface area contributed by atoms with Gasteiger partial charge in [-0.15, -0.1) is 0 Å². The fraction of sp³-hybridized carbons (Fsp3) is 0.667. The van der Waals surface area contributed by atoms with Gasteiger partial charge in [-0.3, -0.25) is 4.79 Å². The van der Waals surface area contributed by atoms with Gasteiger partial charge in [-0.05, 0) is 70.1 Å². The van der Waals surface area contributed by atoms with E-state index < -0.39 is 11.0 Å². The molecule has 0 aliphatic carbocycles. The third kappa shape index (κ3) is 5.76. The minimum Gasteiger partial charge on any atom is -0.444 e.